The molecule has 0 saturated carbocycles. The average molecular weight is 420 g/mol. The third-order valence-corrected chi connectivity index (χ3v) is 4.31. The number of nitro benzene ring substituents is 1. The molecular weight excluding hydrogens is 411 g/mol. The SMILES string of the molecule is O=[N+]([O-])c1ccc(CNc2cc(Cl)ccc2Br)c(Br)c1. The second-order valence-corrected chi connectivity index (χ2v) is 6.16. The lowest BCUT2D eigenvalue weighted by Crippen LogP contribution is -2.01. The molecule has 0 aromatic heterocycles. The highest BCUT2D eigenvalue weighted by atomic mass is 79.9. The van der Waals surface area contributed by atoms with Crippen LogP contribution in [-0.4, -0.2) is 4.92 Å². The zero-order valence-corrected chi connectivity index (χ0v) is 14.0. The van der Waals surface area contributed by atoms with Gasteiger partial charge in [0.25, 0.3) is 5.69 Å². The monoisotopic (exact) mass is 418 g/mol. The van der Waals surface area contributed by atoms with E-state index in [4.69, 9.17) is 11.6 Å². The summed E-state index contributed by atoms with van der Waals surface area (Å²) in [5, 5.41) is 14.5. The Morgan fingerprint density at radius 1 is 1.15 bits per heavy atom. The fraction of sp³-hybridized carbons (Fsp3) is 0.0769. The number of anilines is 1. The maximum absolute atomic E-state index is 10.7. The molecule has 0 unspecified atom stereocenters. The molecule has 20 heavy (non-hydrogen) atoms. The molecule has 7 heteroatoms. The number of non-ortho nitro benzene ring substituents is 1. The van der Waals surface area contributed by atoms with Crippen LogP contribution in [0.2, 0.25) is 5.02 Å². The van der Waals surface area contributed by atoms with E-state index in [0.29, 0.717) is 16.0 Å². The first-order valence-electron chi connectivity index (χ1n) is 5.59. The first-order chi connectivity index (χ1) is 9.47. The van der Waals surface area contributed by atoms with Gasteiger partial charge in [0, 0.05) is 32.6 Å². The Kier molecular flexibility index (Phi) is 5.01. The van der Waals surface area contributed by atoms with Gasteiger partial charge in [-0.2, -0.15) is 0 Å². The van der Waals surface area contributed by atoms with Gasteiger partial charge in [-0.1, -0.05) is 27.5 Å². The van der Waals surface area contributed by atoms with Crippen molar-refractivity contribution in [2.75, 3.05) is 5.32 Å². The Balaban J connectivity index is 2.15. The van der Waals surface area contributed by atoms with Gasteiger partial charge >= 0.3 is 0 Å². The second-order valence-electron chi connectivity index (χ2n) is 4.01. The van der Waals surface area contributed by atoms with Crippen LogP contribution >= 0.6 is 43.5 Å². The Bertz CT molecular complexity index is 665. The number of nitrogens with one attached hydrogen (secondary N) is 1. The third-order valence-electron chi connectivity index (χ3n) is 2.65. The Morgan fingerprint density at radius 3 is 2.55 bits per heavy atom. The van der Waals surface area contributed by atoms with E-state index in [9.17, 15) is 10.1 Å². The lowest BCUT2D eigenvalue weighted by Gasteiger charge is -2.10. The predicted molar refractivity (Wildman–Crippen MR) is 87.3 cm³/mol. The van der Waals surface area contributed by atoms with E-state index in [2.05, 4.69) is 37.2 Å². The zero-order valence-electron chi connectivity index (χ0n) is 10.1. The third kappa shape index (κ3) is 3.71. The van der Waals surface area contributed by atoms with Gasteiger partial charge in [-0.25, -0.2) is 0 Å². The van der Waals surface area contributed by atoms with Crippen LogP contribution in [0.4, 0.5) is 11.4 Å². The lowest BCUT2D eigenvalue weighted by molar-refractivity contribution is -0.384. The van der Waals surface area contributed by atoms with Crippen molar-refractivity contribution in [2.45, 2.75) is 6.54 Å². The van der Waals surface area contributed by atoms with E-state index < -0.39 is 4.92 Å². The van der Waals surface area contributed by atoms with Gasteiger partial charge in [0.1, 0.15) is 0 Å². The van der Waals surface area contributed by atoms with Crippen molar-refractivity contribution in [3.8, 4) is 0 Å². The van der Waals surface area contributed by atoms with Crippen LogP contribution in [0, 0.1) is 10.1 Å². The van der Waals surface area contributed by atoms with Gasteiger partial charge in [0.15, 0.2) is 0 Å². The van der Waals surface area contributed by atoms with Gasteiger partial charge in [-0.15, -0.1) is 0 Å². The molecule has 4 nitrogen and oxygen atoms in total. The van der Waals surface area contributed by atoms with Crippen LogP contribution in [0.3, 0.4) is 0 Å². The Morgan fingerprint density at radius 2 is 1.90 bits per heavy atom. The van der Waals surface area contributed by atoms with Crippen LogP contribution in [0.1, 0.15) is 5.56 Å². The van der Waals surface area contributed by atoms with E-state index in [1.54, 1.807) is 12.1 Å². The van der Waals surface area contributed by atoms with Gasteiger partial charge in [-0.05, 0) is 45.8 Å². The maximum atomic E-state index is 10.7. The number of rotatable bonds is 4. The fourth-order valence-electron chi connectivity index (χ4n) is 1.62. The van der Waals surface area contributed by atoms with Gasteiger partial charge in [-0.3, -0.25) is 10.1 Å². The standard InChI is InChI=1S/C13H9Br2ClN2O2/c14-11-4-2-9(16)5-13(11)17-7-8-1-3-10(18(19)20)6-12(8)15/h1-6,17H,7H2. The van der Waals surface area contributed by atoms with E-state index in [-0.39, 0.29) is 5.69 Å². The molecule has 0 aliphatic rings. The average Bonchev–Trinajstić information content (AvgIpc) is 2.40. The summed E-state index contributed by atoms with van der Waals surface area (Å²) in [7, 11) is 0. The fourth-order valence-corrected chi connectivity index (χ4v) is 2.68. The first-order valence-corrected chi connectivity index (χ1v) is 7.55. The number of benzene rings is 2. The van der Waals surface area contributed by atoms with Crippen LogP contribution in [-0.2, 0) is 6.54 Å². The molecule has 0 saturated heterocycles. The Labute approximate surface area is 137 Å². The summed E-state index contributed by atoms with van der Waals surface area (Å²) in [4.78, 5) is 10.3. The Hall–Kier alpha value is -1.11. The summed E-state index contributed by atoms with van der Waals surface area (Å²) < 4.78 is 1.59. The van der Waals surface area contributed by atoms with E-state index in [1.807, 2.05) is 12.1 Å². The summed E-state index contributed by atoms with van der Waals surface area (Å²) in [6.07, 6.45) is 0. The lowest BCUT2D eigenvalue weighted by atomic mass is 10.2. The summed E-state index contributed by atoms with van der Waals surface area (Å²) in [5.74, 6) is 0. The van der Waals surface area contributed by atoms with E-state index in [0.717, 1.165) is 15.7 Å². The van der Waals surface area contributed by atoms with Crippen LogP contribution in [0.15, 0.2) is 45.3 Å². The molecule has 1 N–H and O–H groups in total. The number of nitrogens with zero attached hydrogens (tertiary/aromatic N) is 1. The summed E-state index contributed by atoms with van der Waals surface area (Å²) in [6, 6.07) is 10.1. The minimum Gasteiger partial charge on any atom is -0.380 e. The molecular formula is C13H9Br2ClN2O2. The molecule has 0 fully saturated rings. The smallest absolute Gasteiger partial charge is 0.270 e. The first kappa shape index (κ1) is 15.3. The molecule has 0 radical (unpaired) electrons. The van der Waals surface area contributed by atoms with Crippen molar-refractivity contribution in [3.63, 3.8) is 0 Å². The number of nitro groups is 1. The van der Waals surface area contributed by atoms with Crippen molar-refractivity contribution < 1.29 is 4.92 Å². The quantitative estimate of drug-likeness (QED) is 0.533. The van der Waals surface area contributed by atoms with Gasteiger partial charge < -0.3 is 5.32 Å². The summed E-state index contributed by atoms with van der Waals surface area (Å²) >= 11 is 12.7. The highest BCUT2D eigenvalue weighted by Crippen LogP contribution is 2.28. The molecule has 0 atom stereocenters. The minimum atomic E-state index is -0.421. The maximum Gasteiger partial charge on any atom is 0.270 e. The largest absolute Gasteiger partial charge is 0.380 e. The van der Waals surface area contributed by atoms with Crippen molar-refractivity contribution >= 4 is 54.8 Å². The normalized spacial score (nSPS) is 10.3. The molecule has 104 valence electrons. The predicted octanol–water partition coefficient (Wildman–Crippen LogP) is 5.39. The molecule has 0 bridgehead atoms. The zero-order chi connectivity index (χ0) is 14.7. The highest BCUT2D eigenvalue weighted by Gasteiger charge is 2.09. The van der Waals surface area contributed by atoms with Gasteiger partial charge in [0.2, 0.25) is 0 Å². The second kappa shape index (κ2) is 6.56. The van der Waals surface area contributed by atoms with Crippen molar-refractivity contribution in [1.29, 1.82) is 0 Å². The molecule has 2 rings (SSSR count). The topological polar surface area (TPSA) is 55.2 Å². The molecule has 0 spiro atoms. The highest BCUT2D eigenvalue weighted by molar-refractivity contribution is 9.11. The van der Waals surface area contributed by atoms with E-state index >= 15 is 0 Å². The number of hydrogen-bond donors (Lipinski definition) is 1. The van der Waals surface area contributed by atoms with Crippen molar-refractivity contribution in [2.24, 2.45) is 0 Å². The molecule has 0 aliphatic carbocycles. The van der Waals surface area contributed by atoms with Gasteiger partial charge in [0.05, 0.1) is 10.6 Å². The van der Waals surface area contributed by atoms with E-state index in [1.165, 1.54) is 12.1 Å². The van der Waals surface area contributed by atoms with Crippen molar-refractivity contribution in [3.05, 3.63) is 66.0 Å². The molecule has 0 amide bonds. The van der Waals surface area contributed by atoms with Crippen molar-refractivity contribution in [1.82, 2.24) is 0 Å². The van der Waals surface area contributed by atoms with Crippen LogP contribution in [0.25, 0.3) is 0 Å². The van der Waals surface area contributed by atoms with Crippen LogP contribution in [0.5, 0.6) is 0 Å². The molecule has 2 aromatic carbocycles. The summed E-state index contributed by atoms with van der Waals surface area (Å²) in [6.45, 7) is 0.525. The van der Waals surface area contributed by atoms with Crippen LogP contribution < -0.4 is 5.32 Å². The minimum absolute atomic E-state index is 0.0598. The summed E-state index contributed by atoms with van der Waals surface area (Å²) in [5.41, 5.74) is 1.84. The number of hydrogen-bond acceptors (Lipinski definition) is 3. The molecule has 0 aliphatic heterocycles. The molecule has 0 heterocycles. The molecule has 2 aromatic rings. The number of halogens is 3.